The fourth-order valence-electron chi connectivity index (χ4n) is 1.69. The lowest BCUT2D eigenvalue weighted by Crippen LogP contribution is -2.14. The van der Waals surface area contributed by atoms with Crippen molar-refractivity contribution in [3.05, 3.63) is 42.4 Å². The number of anilines is 2. The quantitative estimate of drug-likeness (QED) is 0.887. The minimum Gasteiger partial charge on any atom is -0.495 e. The van der Waals surface area contributed by atoms with E-state index in [4.69, 9.17) is 10.5 Å². The second-order valence-electron chi connectivity index (χ2n) is 3.80. The third kappa shape index (κ3) is 2.41. The highest BCUT2D eigenvalue weighted by Gasteiger charge is 2.10. The van der Waals surface area contributed by atoms with Crippen molar-refractivity contribution in [3.63, 3.8) is 0 Å². The van der Waals surface area contributed by atoms with Gasteiger partial charge in [-0.05, 0) is 12.1 Å². The van der Waals surface area contributed by atoms with E-state index < -0.39 is 0 Å². The first kappa shape index (κ1) is 12.3. The summed E-state index contributed by atoms with van der Waals surface area (Å²) in [5.74, 6) is 1.53. The summed E-state index contributed by atoms with van der Waals surface area (Å²) in [6.07, 6.45) is 3.37. The van der Waals surface area contributed by atoms with E-state index >= 15 is 0 Å². The minimum absolute atomic E-state index is 0.376. The smallest absolute Gasteiger partial charge is 0.151 e. The lowest BCUT2D eigenvalue weighted by Gasteiger charge is -2.20. The van der Waals surface area contributed by atoms with Crippen molar-refractivity contribution in [2.45, 2.75) is 6.54 Å². The van der Waals surface area contributed by atoms with E-state index in [1.54, 1.807) is 19.5 Å². The topological polar surface area (TPSA) is 64.3 Å². The Morgan fingerprint density at radius 2 is 2.06 bits per heavy atom. The Bertz CT molecular complexity index is 530. The number of rotatable bonds is 4. The second-order valence-corrected chi connectivity index (χ2v) is 3.80. The molecule has 1 aromatic carbocycles. The molecule has 0 bridgehead atoms. The maximum Gasteiger partial charge on any atom is 0.151 e. The van der Waals surface area contributed by atoms with Gasteiger partial charge in [-0.25, -0.2) is 4.98 Å². The molecule has 0 aliphatic heterocycles. The summed E-state index contributed by atoms with van der Waals surface area (Å²) < 4.78 is 5.33. The number of para-hydroxylation sites is 2. The molecule has 2 rings (SSSR count). The van der Waals surface area contributed by atoms with Crippen LogP contribution in [0.2, 0.25) is 0 Å². The zero-order chi connectivity index (χ0) is 13.0. The van der Waals surface area contributed by atoms with Crippen LogP contribution in [0.3, 0.4) is 0 Å². The lowest BCUT2D eigenvalue weighted by molar-refractivity contribution is 0.415. The molecule has 94 valence electrons. The Labute approximate surface area is 106 Å². The van der Waals surface area contributed by atoms with Crippen LogP contribution in [0.25, 0.3) is 0 Å². The summed E-state index contributed by atoms with van der Waals surface area (Å²) in [6.45, 7) is 0.376. The Morgan fingerprint density at radius 3 is 2.78 bits per heavy atom. The van der Waals surface area contributed by atoms with Gasteiger partial charge in [0.05, 0.1) is 24.7 Å². The molecule has 2 aromatic rings. The van der Waals surface area contributed by atoms with Crippen molar-refractivity contribution in [1.82, 2.24) is 9.97 Å². The van der Waals surface area contributed by atoms with Crippen molar-refractivity contribution in [3.8, 4) is 5.75 Å². The first-order valence-electron chi connectivity index (χ1n) is 5.64. The number of aromatic nitrogens is 2. The van der Waals surface area contributed by atoms with Gasteiger partial charge in [-0.1, -0.05) is 12.1 Å². The van der Waals surface area contributed by atoms with Crippen LogP contribution in [-0.4, -0.2) is 24.1 Å². The predicted octanol–water partition coefficient (Wildman–Crippen LogP) is 1.71. The molecule has 0 spiro atoms. The first-order chi connectivity index (χ1) is 8.76. The van der Waals surface area contributed by atoms with Crippen LogP contribution in [0.4, 0.5) is 11.5 Å². The highest BCUT2D eigenvalue weighted by Crippen LogP contribution is 2.30. The molecule has 0 aliphatic rings. The number of methoxy groups -OCH3 is 1. The van der Waals surface area contributed by atoms with Gasteiger partial charge in [0.15, 0.2) is 5.82 Å². The van der Waals surface area contributed by atoms with E-state index in [0.29, 0.717) is 6.54 Å². The van der Waals surface area contributed by atoms with E-state index in [9.17, 15) is 0 Å². The number of benzene rings is 1. The molecule has 0 saturated carbocycles. The van der Waals surface area contributed by atoms with Crippen molar-refractivity contribution >= 4 is 11.5 Å². The molecule has 0 atom stereocenters. The fraction of sp³-hybridized carbons (Fsp3) is 0.231. The summed E-state index contributed by atoms with van der Waals surface area (Å²) in [5.41, 5.74) is 7.26. The Balaban J connectivity index is 2.37. The summed E-state index contributed by atoms with van der Waals surface area (Å²) in [7, 11) is 3.57. The van der Waals surface area contributed by atoms with Gasteiger partial charge in [0.1, 0.15) is 5.75 Å². The van der Waals surface area contributed by atoms with Gasteiger partial charge >= 0.3 is 0 Å². The molecule has 1 aromatic heterocycles. The molecule has 0 fully saturated rings. The fourth-order valence-corrected chi connectivity index (χ4v) is 1.69. The standard InChI is InChI=1S/C13H16N4O/c1-17(11-5-3-4-6-12(11)18-2)13-9-15-8-10(7-14)16-13/h3-6,8-9H,7,14H2,1-2H3. The largest absolute Gasteiger partial charge is 0.495 e. The van der Waals surface area contributed by atoms with Gasteiger partial charge < -0.3 is 15.4 Å². The molecule has 18 heavy (non-hydrogen) atoms. The summed E-state index contributed by atoms with van der Waals surface area (Å²) in [6, 6.07) is 7.76. The van der Waals surface area contributed by atoms with Gasteiger partial charge in [-0.2, -0.15) is 0 Å². The molecular weight excluding hydrogens is 228 g/mol. The number of nitrogens with zero attached hydrogens (tertiary/aromatic N) is 3. The Hall–Kier alpha value is -2.14. The molecule has 5 nitrogen and oxygen atoms in total. The molecule has 2 N–H and O–H groups in total. The summed E-state index contributed by atoms with van der Waals surface area (Å²) in [4.78, 5) is 10.5. The maximum absolute atomic E-state index is 5.57. The van der Waals surface area contributed by atoms with Crippen molar-refractivity contribution in [2.75, 3.05) is 19.1 Å². The molecule has 5 heteroatoms. The summed E-state index contributed by atoms with van der Waals surface area (Å²) in [5, 5.41) is 0. The first-order valence-corrected chi connectivity index (χ1v) is 5.64. The van der Waals surface area contributed by atoms with Gasteiger partial charge in [-0.15, -0.1) is 0 Å². The molecular formula is C13H16N4O. The summed E-state index contributed by atoms with van der Waals surface area (Å²) >= 11 is 0. The maximum atomic E-state index is 5.57. The van der Waals surface area contributed by atoms with Gasteiger partial charge in [0, 0.05) is 19.8 Å². The number of nitrogens with two attached hydrogens (primary N) is 1. The normalized spacial score (nSPS) is 10.2. The zero-order valence-corrected chi connectivity index (χ0v) is 10.5. The monoisotopic (exact) mass is 244 g/mol. The third-order valence-corrected chi connectivity index (χ3v) is 2.67. The van der Waals surface area contributed by atoms with Gasteiger partial charge in [-0.3, -0.25) is 4.98 Å². The van der Waals surface area contributed by atoms with Crippen LogP contribution in [0.15, 0.2) is 36.7 Å². The average Bonchev–Trinajstić information content (AvgIpc) is 2.46. The predicted molar refractivity (Wildman–Crippen MR) is 71.0 cm³/mol. The number of ether oxygens (including phenoxy) is 1. The molecule has 0 unspecified atom stereocenters. The van der Waals surface area contributed by atoms with Crippen LogP contribution < -0.4 is 15.4 Å². The molecule has 0 radical (unpaired) electrons. The van der Waals surface area contributed by atoms with Crippen molar-refractivity contribution in [2.24, 2.45) is 5.73 Å². The van der Waals surface area contributed by atoms with E-state index in [-0.39, 0.29) is 0 Å². The van der Waals surface area contributed by atoms with E-state index in [1.165, 1.54) is 0 Å². The molecule has 0 saturated heterocycles. The lowest BCUT2D eigenvalue weighted by atomic mass is 10.2. The highest BCUT2D eigenvalue weighted by molar-refractivity contribution is 5.65. The SMILES string of the molecule is COc1ccccc1N(C)c1cncc(CN)n1. The van der Waals surface area contributed by atoms with Gasteiger partial charge in [0.2, 0.25) is 0 Å². The van der Waals surface area contributed by atoms with Crippen LogP contribution in [0.1, 0.15) is 5.69 Å². The van der Waals surface area contributed by atoms with Crippen LogP contribution in [0.5, 0.6) is 5.75 Å². The van der Waals surface area contributed by atoms with Crippen LogP contribution in [0, 0.1) is 0 Å². The van der Waals surface area contributed by atoms with Gasteiger partial charge in [0.25, 0.3) is 0 Å². The van der Waals surface area contributed by atoms with Crippen molar-refractivity contribution < 1.29 is 4.74 Å². The Kier molecular flexibility index (Phi) is 3.74. The van der Waals surface area contributed by atoms with Crippen molar-refractivity contribution in [1.29, 1.82) is 0 Å². The highest BCUT2D eigenvalue weighted by atomic mass is 16.5. The average molecular weight is 244 g/mol. The third-order valence-electron chi connectivity index (χ3n) is 2.67. The second kappa shape index (κ2) is 5.46. The molecule has 0 aliphatic carbocycles. The number of hydrogen-bond donors (Lipinski definition) is 1. The minimum atomic E-state index is 0.376. The Morgan fingerprint density at radius 1 is 1.28 bits per heavy atom. The van der Waals surface area contributed by atoms with E-state index in [2.05, 4.69) is 9.97 Å². The van der Waals surface area contributed by atoms with E-state index in [1.807, 2.05) is 36.2 Å². The zero-order valence-electron chi connectivity index (χ0n) is 10.5. The molecule has 0 amide bonds. The van der Waals surface area contributed by atoms with E-state index in [0.717, 1.165) is 22.9 Å². The van der Waals surface area contributed by atoms with Crippen LogP contribution >= 0.6 is 0 Å². The number of hydrogen-bond acceptors (Lipinski definition) is 5. The molecule has 1 heterocycles. The van der Waals surface area contributed by atoms with Crippen LogP contribution in [-0.2, 0) is 6.54 Å².